The third-order valence-corrected chi connectivity index (χ3v) is 7.58. The highest BCUT2D eigenvalue weighted by Gasteiger charge is 2.35. The van der Waals surface area contributed by atoms with Crippen LogP contribution in [-0.2, 0) is 9.53 Å². The van der Waals surface area contributed by atoms with Crippen molar-refractivity contribution in [3.8, 4) is 11.5 Å². The number of thiophene rings is 1. The fraction of sp³-hybridized carbons (Fsp3) is 0.308. The second-order valence-electron chi connectivity index (χ2n) is 7.95. The molecule has 0 aliphatic heterocycles. The van der Waals surface area contributed by atoms with Crippen molar-refractivity contribution in [2.24, 2.45) is 5.92 Å². The minimum atomic E-state index is -0.536. The van der Waals surface area contributed by atoms with Crippen molar-refractivity contribution in [3.05, 3.63) is 70.1 Å². The summed E-state index contributed by atoms with van der Waals surface area (Å²) in [5.41, 5.74) is 0.769. The Balaban J connectivity index is 1.53. The predicted octanol–water partition coefficient (Wildman–Crippen LogP) is 5.59. The Bertz CT molecular complexity index is 1240. The average Bonchev–Trinajstić information content (AvgIpc) is 3.43. The van der Waals surface area contributed by atoms with Gasteiger partial charge in [-0.1, -0.05) is 48.0 Å². The Labute approximate surface area is 207 Å². The Morgan fingerprint density at radius 1 is 1.12 bits per heavy atom. The molecular formula is C26H26ClNO5S. The van der Waals surface area contributed by atoms with Crippen LogP contribution in [0.25, 0.3) is 10.1 Å². The molecule has 1 aromatic heterocycles. The van der Waals surface area contributed by atoms with Crippen LogP contribution in [0.2, 0.25) is 5.02 Å². The number of amides is 1. The molecule has 1 aliphatic rings. The molecular weight excluding hydrogens is 474 g/mol. The van der Waals surface area contributed by atoms with Gasteiger partial charge in [-0.3, -0.25) is 9.59 Å². The molecule has 3 aromatic rings. The first-order valence-corrected chi connectivity index (χ1v) is 12.2. The lowest BCUT2D eigenvalue weighted by Gasteiger charge is -2.23. The van der Waals surface area contributed by atoms with Crippen LogP contribution >= 0.6 is 22.9 Å². The van der Waals surface area contributed by atoms with Crippen LogP contribution in [0.5, 0.6) is 11.5 Å². The van der Waals surface area contributed by atoms with Crippen LogP contribution in [0.3, 0.4) is 0 Å². The highest BCUT2D eigenvalue weighted by Crippen LogP contribution is 2.39. The van der Waals surface area contributed by atoms with Crippen molar-refractivity contribution >= 4 is 44.9 Å². The van der Waals surface area contributed by atoms with Crippen LogP contribution < -0.4 is 14.8 Å². The molecule has 1 N–H and O–H groups in total. The summed E-state index contributed by atoms with van der Waals surface area (Å²) < 4.78 is 17.1. The predicted molar refractivity (Wildman–Crippen MR) is 134 cm³/mol. The van der Waals surface area contributed by atoms with E-state index in [1.165, 1.54) is 11.3 Å². The van der Waals surface area contributed by atoms with Crippen LogP contribution in [-0.4, -0.2) is 38.7 Å². The highest BCUT2D eigenvalue weighted by molar-refractivity contribution is 7.21. The SMILES string of the molecule is CCOC(=O)[C@H](c1ccc(OC)c(OC)c1)[C@@H]1C=C[C@H](NC(=O)c2sc3ccccc3c2Cl)C1. The summed E-state index contributed by atoms with van der Waals surface area (Å²) in [4.78, 5) is 26.4. The van der Waals surface area contributed by atoms with Gasteiger partial charge in [0.1, 0.15) is 4.88 Å². The molecule has 8 heteroatoms. The zero-order valence-corrected chi connectivity index (χ0v) is 20.7. The number of benzene rings is 2. The number of rotatable bonds is 8. The number of esters is 1. The van der Waals surface area contributed by atoms with E-state index in [0.717, 1.165) is 15.6 Å². The van der Waals surface area contributed by atoms with E-state index in [1.54, 1.807) is 33.3 Å². The lowest BCUT2D eigenvalue weighted by molar-refractivity contribution is -0.146. The van der Waals surface area contributed by atoms with Gasteiger partial charge >= 0.3 is 5.97 Å². The fourth-order valence-corrected chi connectivity index (χ4v) is 5.73. The maximum atomic E-state index is 13.0. The summed E-state index contributed by atoms with van der Waals surface area (Å²) in [6.45, 7) is 2.06. The smallest absolute Gasteiger partial charge is 0.314 e. The molecule has 6 nitrogen and oxygen atoms in total. The third-order valence-electron chi connectivity index (χ3n) is 5.91. The number of methoxy groups -OCH3 is 2. The van der Waals surface area contributed by atoms with Gasteiger partial charge < -0.3 is 19.5 Å². The molecule has 178 valence electrons. The van der Waals surface area contributed by atoms with Crippen molar-refractivity contribution in [1.29, 1.82) is 0 Å². The molecule has 0 saturated heterocycles. The van der Waals surface area contributed by atoms with Gasteiger partial charge in [-0.2, -0.15) is 0 Å². The summed E-state index contributed by atoms with van der Waals surface area (Å²) in [5, 5.41) is 4.38. The topological polar surface area (TPSA) is 73.9 Å². The lowest BCUT2D eigenvalue weighted by atomic mass is 9.85. The standard InChI is InChI=1S/C26H26ClNO5S/c1-4-33-26(30)22(16-10-12-19(31-2)20(14-16)32-3)15-9-11-17(13-15)28-25(29)24-23(27)18-7-5-6-8-21(18)34-24/h5-12,14-15,17,22H,4,13H2,1-3H3,(H,28,29)/t15-,17+,22+/m1/s1. The van der Waals surface area contributed by atoms with Gasteiger partial charge in [0.25, 0.3) is 5.91 Å². The summed E-state index contributed by atoms with van der Waals surface area (Å²) in [5.74, 6) is -0.0999. The third kappa shape index (κ3) is 4.76. The molecule has 0 spiro atoms. The van der Waals surface area contributed by atoms with Gasteiger partial charge in [0.2, 0.25) is 0 Å². The molecule has 4 rings (SSSR count). The molecule has 1 amide bonds. The first kappa shape index (κ1) is 24.1. The molecule has 34 heavy (non-hydrogen) atoms. The van der Waals surface area contributed by atoms with E-state index in [9.17, 15) is 9.59 Å². The van der Waals surface area contributed by atoms with Gasteiger partial charge in [-0.25, -0.2) is 0 Å². The minimum absolute atomic E-state index is 0.152. The van der Waals surface area contributed by atoms with Crippen LogP contribution in [0.4, 0.5) is 0 Å². The molecule has 1 aliphatic carbocycles. The first-order valence-electron chi connectivity index (χ1n) is 11.0. The number of hydrogen-bond donors (Lipinski definition) is 1. The van der Waals surface area contributed by atoms with E-state index in [1.807, 2.05) is 42.5 Å². The van der Waals surface area contributed by atoms with E-state index in [0.29, 0.717) is 27.8 Å². The number of allylic oxidation sites excluding steroid dienone is 1. The summed E-state index contributed by atoms with van der Waals surface area (Å²) in [6.07, 6.45) is 4.46. The summed E-state index contributed by atoms with van der Waals surface area (Å²) in [6, 6.07) is 12.9. The Hall–Kier alpha value is -3.03. The highest BCUT2D eigenvalue weighted by atomic mass is 35.5. The van der Waals surface area contributed by atoms with Crippen molar-refractivity contribution < 1.29 is 23.8 Å². The molecule has 1 heterocycles. The number of ether oxygens (including phenoxy) is 3. The molecule has 0 unspecified atom stereocenters. The molecule has 2 aromatic carbocycles. The van der Waals surface area contributed by atoms with Crippen molar-refractivity contribution in [2.75, 3.05) is 20.8 Å². The summed E-state index contributed by atoms with van der Waals surface area (Å²) >= 11 is 7.84. The maximum Gasteiger partial charge on any atom is 0.314 e. The van der Waals surface area contributed by atoms with E-state index >= 15 is 0 Å². The molecule has 0 radical (unpaired) electrons. The van der Waals surface area contributed by atoms with Gasteiger partial charge in [-0.15, -0.1) is 11.3 Å². The van der Waals surface area contributed by atoms with Crippen molar-refractivity contribution in [1.82, 2.24) is 5.32 Å². The number of nitrogens with one attached hydrogen (secondary N) is 1. The van der Waals surface area contributed by atoms with E-state index in [2.05, 4.69) is 5.32 Å². The van der Waals surface area contributed by atoms with Gasteiger partial charge in [0.15, 0.2) is 11.5 Å². The maximum absolute atomic E-state index is 13.0. The zero-order valence-electron chi connectivity index (χ0n) is 19.2. The zero-order chi connectivity index (χ0) is 24.2. The fourth-order valence-electron chi connectivity index (χ4n) is 4.31. The number of hydrogen-bond acceptors (Lipinski definition) is 6. The first-order chi connectivity index (χ1) is 16.5. The molecule has 0 bridgehead atoms. The normalized spacial score (nSPS) is 18.0. The van der Waals surface area contributed by atoms with E-state index in [4.69, 9.17) is 25.8 Å². The Morgan fingerprint density at radius 2 is 1.88 bits per heavy atom. The van der Waals surface area contributed by atoms with E-state index < -0.39 is 5.92 Å². The largest absolute Gasteiger partial charge is 0.493 e. The van der Waals surface area contributed by atoms with Crippen LogP contribution in [0, 0.1) is 5.92 Å². The number of carbonyl (C=O) groups excluding carboxylic acids is 2. The number of fused-ring (bicyclic) bond motifs is 1. The van der Waals surface area contributed by atoms with Crippen molar-refractivity contribution in [3.63, 3.8) is 0 Å². The Kier molecular flexibility index (Phi) is 7.44. The van der Waals surface area contributed by atoms with Gasteiger partial charge in [-0.05, 0) is 43.0 Å². The quantitative estimate of drug-likeness (QED) is 0.323. The van der Waals surface area contributed by atoms with Crippen molar-refractivity contribution in [2.45, 2.75) is 25.3 Å². The lowest BCUT2D eigenvalue weighted by Crippen LogP contribution is -2.33. The average molecular weight is 500 g/mol. The minimum Gasteiger partial charge on any atom is -0.493 e. The monoisotopic (exact) mass is 499 g/mol. The molecule has 3 atom stereocenters. The number of carbonyl (C=O) groups is 2. The second kappa shape index (κ2) is 10.5. The van der Waals surface area contributed by atoms with E-state index in [-0.39, 0.29) is 30.4 Å². The number of halogens is 1. The summed E-state index contributed by atoms with van der Waals surface area (Å²) in [7, 11) is 3.12. The van der Waals surface area contributed by atoms with Crippen LogP contribution in [0.1, 0.15) is 34.5 Å². The van der Waals surface area contributed by atoms with Gasteiger partial charge in [0.05, 0.1) is 31.8 Å². The van der Waals surface area contributed by atoms with Gasteiger partial charge in [0, 0.05) is 16.1 Å². The second-order valence-corrected chi connectivity index (χ2v) is 9.38. The Morgan fingerprint density at radius 3 is 2.59 bits per heavy atom. The van der Waals surface area contributed by atoms with Crippen LogP contribution in [0.15, 0.2) is 54.6 Å². The molecule has 0 saturated carbocycles. The molecule has 0 fully saturated rings.